The van der Waals surface area contributed by atoms with Crippen LogP contribution in [0.15, 0.2) is 18.2 Å². The molecule has 0 amide bonds. The smallest absolute Gasteiger partial charge is 0.163 e. The Morgan fingerprint density at radius 1 is 1.24 bits per heavy atom. The van der Waals surface area contributed by atoms with Gasteiger partial charge in [-0.05, 0) is 66.5 Å². The van der Waals surface area contributed by atoms with E-state index in [1.165, 1.54) is 0 Å². The molecule has 0 heterocycles. The van der Waals surface area contributed by atoms with E-state index in [2.05, 4.69) is 6.92 Å². The second kappa shape index (κ2) is 4.33. The average Bonchev–Trinajstić information content (AvgIpc) is 2.76. The molecule has 112 valence electrons. The Hall–Kier alpha value is -1.35. The minimum atomic E-state index is -0.209. The Balaban J connectivity index is 1.77. The summed E-state index contributed by atoms with van der Waals surface area (Å²) < 4.78 is 0. The normalized spacial score (nSPS) is 41.3. The van der Waals surface area contributed by atoms with Crippen molar-refractivity contribution in [3.63, 3.8) is 0 Å². The number of aromatic hydroxyl groups is 1. The van der Waals surface area contributed by atoms with Crippen LogP contribution in [0.4, 0.5) is 0 Å². The summed E-state index contributed by atoms with van der Waals surface area (Å²) in [5, 5.41) is 20.0. The first-order valence-electron chi connectivity index (χ1n) is 8.05. The lowest BCUT2D eigenvalue weighted by Gasteiger charge is -2.49. The third-order valence-electron chi connectivity index (χ3n) is 6.54. The van der Waals surface area contributed by atoms with Crippen LogP contribution in [0.2, 0.25) is 0 Å². The molecule has 0 radical (unpaired) electrons. The topological polar surface area (TPSA) is 57.5 Å². The number of phenols is 1. The highest BCUT2D eigenvalue weighted by Gasteiger charge is 2.55. The van der Waals surface area contributed by atoms with Crippen LogP contribution >= 0.6 is 0 Å². The molecule has 2 fully saturated rings. The molecule has 3 nitrogen and oxygen atoms in total. The maximum Gasteiger partial charge on any atom is 0.163 e. The first-order valence-corrected chi connectivity index (χ1v) is 8.05. The molecule has 0 unspecified atom stereocenters. The number of aliphatic hydroxyl groups excluding tert-OH is 1. The predicted molar refractivity (Wildman–Crippen MR) is 79.4 cm³/mol. The molecule has 3 heteroatoms. The number of aliphatic hydroxyl groups is 1. The standard InChI is InChI=1S/C18H22O3/c1-18-7-6-12-11-3-2-10(19)8-14(11)16(20)9-13(12)15(18)4-5-17(18)21/h2-3,8,12-13,15,17,19,21H,4-7,9H2,1H3/t12-,13-,15+,17-,18+/m1/s1. The van der Waals surface area contributed by atoms with E-state index in [1.54, 1.807) is 12.1 Å². The molecule has 5 atom stereocenters. The van der Waals surface area contributed by atoms with Crippen LogP contribution in [0.3, 0.4) is 0 Å². The van der Waals surface area contributed by atoms with Crippen molar-refractivity contribution in [2.45, 2.75) is 51.0 Å². The van der Waals surface area contributed by atoms with Crippen molar-refractivity contribution in [2.75, 3.05) is 0 Å². The van der Waals surface area contributed by atoms with Gasteiger partial charge in [-0.2, -0.15) is 0 Å². The van der Waals surface area contributed by atoms with Crippen molar-refractivity contribution in [1.29, 1.82) is 0 Å². The number of Topliss-reactive ketones (excluding diaryl/α,β-unsaturated/α-hetero) is 1. The van der Waals surface area contributed by atoms with E-state index in [1.807, 2.05) is 6.07 Å². The summed E-state index contributed by atoms with van der Waals surface area (Å²) in [7, 11) is 0. The lowest BCUT2D eigenvalue weighted by molar-refractivity contribution is -0.0208. The lowest BCUT2D eigenvalue weighted by Crippen LogP contribution is -2.44. The van der Waals surface area contributed by atoms with E-state index in [0.717, 1.165) is 36.8 Å². The van der Waals surface area contributed by atoms with Crippen LogP contribution in [0.1, 0.15) is 60.9 Å². The van der Waals surface area contributed by atoms with E-state index < -0.39 is 0 Å². The van der Waals surface area contributed by atoms with Gasteiger partial charge in [0, 0.05) is 12.0 Å². The van der Waals surface area contributed by atoms with Crippen LogP contribution in [-0.2, 0) is 0 Å². The fraction of sp³-hybridized carbons (Fsp3) is 0.611. The Kier molecular flexibility index (Phi) is 2.74. The molecule has 3 aliphatic rings. The molecule has 4 rings (SSSR count). The van der Waals surface area contributed by atoms with Crippen molar-refractivity contribution < 1.29 is 15.0 Å². The quantitative estimate of drug-likeness (QED) is 0.769. The summed E-state index contributed by atoms with van der Waals surface area (Å²) in [5.41, 5.74) is 1.84. The van der Waals surface area contributed by atoms with Crippen LogP contribution in [-0.4, -0.2) is 22.1 Å². The predicted octanol–water partition coefficient (Wildman–Crippen LogP) is 3.25. The number of carbonyl (C=O) groups excluding carboxylic acids is 1. The summed E-state index contributed by atoms with van der Waals surface area (Å²) in [6.07, 6.45) is 4.36. The maximum absolute atomic E-state index is 12.5. The van der Waals surface area contributed by atoms with Crippen LogP contribution < -0.4 is 0 Å². The summed E-state index contributed by atoms with van der Waals surface area (Å²) in [6, 6.07) is 5.27. The minimum Gasteiger partial charge on any atom is -0.508 e. The summed E-state index contributed by atoms with van der Waals surface area (Å²) >= 11 is 0. The van der Waals surface area contributed by atoms with Gasteiger partial charge in [0.25, 0.3) is 0 Å². The molecule has 2 N–H and O–H groups in total. The first-order chi connectivity index (χ1) is 10.0. The van der Waals surface area contributed by atoms with Gasteiger partial charge in [0.1, 0.15) is 5.75 Å². The van der Waals surface area contributed by atoms with Gasteiger partial charge < -0.3 is 10.2 Å². The van der Waals surface area contributed by atoms with E-state index in [0.29, 0.717) is 24.2 Å². The Morgan fingerprint density at radius 2 is 2.05 bits per heavy atom. The van der Waals surface area contributed by atoms with Crippen molar-refractivity contribution >= 4 is 5.78 Å². The zero-order valence-corrected chi connectivity index (χ0v) is 12.4. The Bertz CT molecular complexity index is 608. The van der Waals surface area contributed by atoms with E-state index in [-0.39, 0.29) is 23.1 Å². The fourth-order valence-corrected chi connectivity index (χ4v) is 5.36. The molecule has 0 bridgehead atoms. The third-order valence-corrected chi connectivity index (χ3v) is 6.54. The SMILES string of the molecule is C[C@]12CC[C@@H]3c4ccc(O)cc4C(=O)C[C@H]3[C@@H]1CC[C@H]2O. The van der Waals surface area contributed by atoms with Gasteiger partial charge in [-0.1, -0.05) is 13.0 Å². The molecular weight excluding hydrogens is 264 g/mol. The van der Waals surface area contributed by atoms with E-state index in [9.17, 15) is 15.0 Å². The zero-order valence-electron chi connectivity index (χ0n) is 12.4. The second-order valence-electron chi connectivity index (χ2n) is 7.41. The Morgan fingerprint density at radius 3 is 2.86 bits per heavy atom. The number of ketones is 1. The van der Waals surface area contributed by atoms with Gasteiger partial charge in [0.15, 0.2) is 5.78 Å². The number of hydrogen-bond donors (Lipinski definition) is 2. The van der Waals surface area contributed by atoms with E-state index in [4.69, 9.17) is 0 Å². The molecule has 0 saturated heterocycles. The molecule has 21 heavy (non-hydrogen) atoms. The molecular formula is C18H22O3. The molecule has 1 aromatic carbocycles. The van der Waals surface area contributed by atoms with Crippen molar-refractivity contribution in [3.05, 3.63) is 29.3 Å². The highest BCUT2D eigenvalue weighted by atomic mass is 16.3. The third kappa shape index (κ3) is 1.73. The molecule has 0 spiro atoms. The molecule has 3 aliphatic carbocycles. The van der Waals surface area contributed by atoms with Gasteiger partial charge >= 0.3 is 0 Å². The van der Waals surface area contributed by atoms with Gasteiger partial charge in [-0.15, -0.1) is 0 Å². The highest BCUT2D eigenvalue weighted by molar-refractivity contribution is 5.99. The maximum atomic E-state index is 12.5. The summed E-state index contributed by atoms with van der Waals surface area (Å²) in [4.78, 5) is 12.5. The number of hydrogen-bond acceptors (Lipinski definition) is 3. The minimum absolute atomic E-state index is 0.00410. The van der Waals surface area contributed by atoms with Crippen LogP contribution in [0.5, 0.6) is 5.75 Å². The average molecular weight is 286 g/mol. The second-order valence-corrected chi connectivity index (χ2v) is 7.41. The van der Waals surface area contributed by atoms with Crippen molar-refractivity contribution in [1.82, 2.24) is 0 Å². The van der Waals surface area contributed by atoms with Crippen LogP contribution in [0, 0.1) is 17.3 Å². The fourth-order valence-electron chi connectivity index (χ4n) is 5.36. The largest absolute Gasteiger partial charge is 0.508 e. The van der Waals surface area contributed by atoms with Crippen LogP contribution in [0.25, 0.3) is 0 Å². The number of fused-ring (bicyclic) bond motifs is 5. The van der Waals surface area contributed by atoms with Gasteiger partial charge in [-0.3, -0.25) is 4.79 Å². The lowest BCUT2D eigenvalue weighted by atomic mass is 9.55. The highest BCUT2D eigenvalue weighted by Crippen LogP contribution is 2.60. The summed E-state index contributed by atoms with van der Waals surface area (Å²) in [5.74, 6) is 1.58. The number of benzene rings is 1. The summed E-state index contributed by atoms with van der Waals surface area (Å²) in [6.45, 7) is 2.21. The molecule has 0 aliphatic heterocycles. The van der Waals surface area contributed by atoms with Crippen molar-refractivity contribution in [2.24, 2.45) is 17.3 Å². The van der Waals surface area contributed by atoms with Gasteiger partial charge in [-0.25, -0.2) is 0 Å². The van der Waals surface area contributed by atoms with Crippen molar-refractivity contribution in [3.8, 4) is 5.75 Å². The van der Waals surface area contributed by atoms with Gasteiger partial charge in [0.05, 0.1) is 6.10 Å². The Labute approximate surface area is 125 Å². The monoisotopic (exact) mass is 286 g/mol. The molecule has 2 saturated carbocycles. The van der Waals surface area contributed by atoms with E-state index >= 15 is 0 Å². The number of phenolic OH excluding ortho intramolecular Hbond substituents is 1. The molecule has 0 aromatic heterocycles. The zero-order chi connectivity index (χ0) is 14.8. The number of carbonyl (C=O) groups is 1. The first kappa shape index (κ1) is 13.3. The van der Waals surface area contributed by atoms with Gasteiger partial charge in [0.2, 0.25) is 0 Å². The molecule has 1 aromatic rings. The number of rotatable bonds is 0.